The number of rotatable bonds is 4. The first-order chi connectivity index (χ1) is 7.00. The van der Waals surface area contributed by atoms with Crippen molar-refractivity contribution in [2.75, 3.05) is 6.54 Å². The summed E-state index contributed by atoms with van der Waals surface area (Å²) in [7, 11) is 0. The van der Waals surface area contributed by atoms with Crippen LogP contribution >= 0.6 is 22.9 Å². The second kappa shape index (κ2) is 5.39. The quantitative estimate of drug-likeness (QED) is 0.833. The SMILES string of the molecule is CC(C)C(O)CNC(=O)c1nnc(Cl)s1. The minimum atomic E-state index is -0.558. The molecule has 7 heteroatoms. The lowest BCUT2D eigenvalue weighted by Crippen LogP contribution is -2.34. The van der Waals surface area contributed by atoms with Gasteiger partial charge in [0, 0.05) is 6.54 Å². The first kappa shape index (κ1) is 12.4. The van der Waals surface area contributed by atoms with E-state index >= 15 is 0 Å². The van der Waals surface area contributed by atoms with Crippen LogP contribution in [0.25, 0.3) is 0 Å². The molecule has 0 bridgehead atoms. The summed E-state index contributed by atoms with van der Waals surface area (Å²) in [6.45, 7) is 3.95. The van der Waals surface area contributed by atoms with Gasteiger partial charge in [-0.25, -0.2) is 0 Å². The van der Waals surface area contributed by atoms with Gasteiger partial charge in [0.05, 0.1) is 6.10 Å². The van der Waals surface area contributed by atoms with Crippen molar-refractivity contribution >= 4 is 28.8 Å². The first-order valence-electron chi connectivity index (χ1n) is 4.46. The maximum atomic E-state index is 11.4. The molecule has 1 aromatic heterocycles. The van der Waals surface area contributed by atoms with Crippen molar-refractivity contribution in [2.24, 2.45) is 5.92 Å². The van der Waals surface area contributed by atoms with Crippen LogP contribution in [-0.4, -0.2) is 33.9 Å². The van der Waals surface area contributed by atoms with Gasteiger partial charge < -0.3 is 10.4 Å². The van der Waals surface area contributed by atoms with Gasteiger partial charge in [0.1, 0.15) is 0 Å². The monoisotopic (exact) mass is 249 g/mol. The van der Waals surface area contributed by atoms with Crippen molar-refractivity contribution in [2.45, 2.75) is 20.0 Å². The summed E-state index contributed by atoms with van der Waals surface area (Å²) in [4.78, 5) is 11.4. The molecule has 0 fully saturated rings. The Kier molecular flexibility index (Phi) is 4.44. The predicted octanol–water partition coefficient (Wildman–Crippen LogP) is 0.938. The number of nitrogens with zero attached hydrogens (tertiary/aromatic N) is 2. The summed E-state index contributed by atoms with van der Waals surface area (Å²) in [6.07, 6.45) is -0.558. The van der Waals surface area contributed by atoms with Crippen molar-refractivity contribution in [1.82, 2.24) is 15.5 Å². The average Bonchev–Trinajstić information content (AvgIpc) is 2.60. The summed E-state index contributed by atoms with van der Waals surface area (Å²) in [5.41, 5.74) is 0. The number of hydrogen-bond acceptors (Lipinski definition) is 5. The minimum absolute atomic E-state index is 0.100. The molecule has 0 spiro atoms. The fourth-order valence-electron chi connectivity index (χ4n) is 0.806. The van der Waals surface area contributed by atoms with Gasteiger partial charge >= 0.3 is 0 Å². The van der Waals surface area contributed by atoms with E-state index in [2.05, 4.69) is 15.5 Å². The maximum Gasteiger partial charge on any atom is 0.282 e. The zero-order valence-corrected chi connectivity index (χ0v) is 9.97. The lowest BCUT2D eigenvalue weighted by Gasteiger charge is -2.14. The molecule has 84 valence electrons. The maximum absolute atomic E-state index is 11.4. The molecule has 0 aliphatic rings. The molecule has 1 unspecified atom stereocenters. The zero-order valence-electron chi connectivity index (χ0n) is 8.40. The number of carbonyl (C=O) groups excluding carboxylic acids is 1. The molecule has 1 heterocycles. The molecule has 1 rings (SSSR count). The lowest BCUT2D eigenvalue weighted by atomic mass is 10.1. The van der Waals surface area contributed by atoms with Crippen molar-refractivity contribution in [3.8, 4) is 0 Å². The van der Waals surface area contributed by atoms with E-state index in [0.717, 1.165) is 11.3 Å². The number of nitrogens with one attached hydrogen (secondary N) is 1. The smallest absolute Gasteiger partial charge is 0.282 e. The van der Waals surface area contributed by atoms with Gasteiger partial charge in [-0.1, -0.05) is 25.2 Å². The van der Waals surface area contributed by atoms with E-state index in [1.54, 1.807) is 0 Å². The third-order valence-corrected chi connectivity index (χ3v) is 2.85. The molecular formula is C8H12ClN3O2S. The summed E-state index contributed by atoms with van der Waals surface area (Å²) in [5, 5.41) is 19.3. The standard InChI is InChI=1S/C8H12ClN3O2S/c1-4(2)5(13)3-10-6(14)7-11-12-8(9)15-7/h4-5,13H,3H2,1-2H3,(H,10,14). The Morgan fingerprint density at radius 3 is 2.73 bits per heavy atom. The van der Waals surface area contributed by atoms with Crippen molar-refractivity contribution in [3.05, 3.63) is 9.47 Å². The molecule has 1 atom stereocenters. The molecule has 1 amide bonds. The summed E-state index contributed by atoms with van der Waals surface area (Å²) in [6, 6.07) is 0. The number of carbonyl (C=O) groups is 1. The highest BCUT2D eigenvalue weighted by Gasteiger charge is 2.14. The van der Waals surface area contributed by atoms with Crippen molar-refractivity contribution in [3.63, 3.8) is 0 Å². The number of amides is 1. The Morgan fingerprint density at radius 2 is 2.27 bits per heavy atom. The minimum Gasteiger partial charge on any atom is -0.391 e. The van der Waals surface area contributed by atoms with E-state index in [1.807, 2.05) is 13.8 Å². The number of aliphatic hydroxyl groups is 1. The Labute approximate surface area is 96.5 Å². The van der Waals surface area contributed by atoms with Crippen LogP contribution in [0.1, 0.15) is 23.6 Å². The fourth-order valence-corrected chi connectivity index (χ4v) is 1.55. The van der Waals surface area contributed by atoms with Crippen molar-refractivity contribution in [1.29, 1.82) is 0 Å². The molecule has 0 aromatic carbocycles. The van der Waals surface area contributed by atoms with E-state index in [9.17, 15) is 9.90 Å². The summed E-state index contributed by atoms with van der Waals surface area (Å²) in [5.74, 6) is -0.262. The first-order valence-corrected chi connectivity index (χ1v) is 5.65. The highest BCUT2D eigenvalue weighted by atomic mass is 35.5. The Hall–Kier alpha value is -0.720. The second-order valence-corrected chi connectivity index (χ2v) is 4.94. The number of aromatic nitrogens is 2. The molecule has 1 aromatic rings. The van der Waals surface area contributed by atoms with Crippen LogP contribution in [0.5, 0.6) is 0 Å². The van der Waals surface area contributed by atoms with Gasteiger partial charge in [-0.2, -0.15) is 0 Å². The topological polar surface area (TPSA) is 75.1 Å². The molecule has 2 N–H and O–H groups in total. The van der Waals surface area contributed by atoms with Gasteiger partial charge in [-0.3, -0.25) is 4.79 Å². The van der Waals surface area contributed by atoms with E-state index in [-0.39, 0.29) is 27.8 Å². The van der Waals surface area contributed by atoms with Crippen LogP contribution in [0.4, 0.5) is 0 Å². The molecule has 0 aliphatic heterocycles. The molecule has 15 heavy (non-hydrogen) atoms. The summed E-state index contributed by atoms with van der Waals surface area (Å²) >= 11 is 6.54. The molecule has 0 aliphatic carbocycles. The molecule has 5 nitrogen and oxygen atoms in total. The zero-order chi connectivity index (χ0) is 11.4. The third-order valence-electron chi connectivity index (χ3n) is 1.84. The third kappa shape index (κ3) is 3.73. The van der Waals surface area contributed by atoms with Gasteiger partial charge in [0.2, 0.25) is 9.47 Å². The van der Waals surface area contributed by atoms with Crippen LogP contribution < -0.4 is 5.32 Å². The number of hydrogen-bond donors (Lipinski definition) is 2. The highest BCUT2D eigenvalue weighted by molar-refractivity contribution is 7.17. The average molecular weight is 250 g/mol. The van der Waals surface area contributed by atoms with Crippen LogP contribution in [0, 0.1) is 5.92 Å². The Morgan fingerprint density at radius 1 is 1.60 bits per heavy atom. The number of halogens is 1. The van der Waals surface area contributed by atoms with Gasteiger partial charge in [-0.15, -0.1) is 10.2 Å². The van der Waals surface area contributed by atoms with Crippen LogP contribution in [0.15, 0.2) is 0 Å². The normalized spacial score (nSPS) is 12.9. The van der Waals surface area contributed by atoms with E-state index in [1.165, 1.54) is 0 Å². The molecule has 0 saturated carbocycles. The van der Waals surface area contributed by atoms with Gasteiger partial charge in [0.15, 0.2) is 0 Å². The van der Waals surface area contributed by atoms with Crippen LogP contribution in [0.3, 0.4) is 0 Å². The molecular weight excluding hydrogens is 238 g/mol. The van der Waals surface area contributed by atoms with Crippen molar-refractivity contribution < 1.29 is 9.90 Å². The molecule has 0 radical (unpaired) electrons. The highest BCUT2D eigenvalue weighted by Crippen LogP contribution is 2.14. The Balaban J connectivity index is 2.43. The van der Waals surface area contributed by atoms with Gasteiger partial charge in [0.25, 0.3) is 5.91 Å². The van der Waals surface area contributed by atoms with E-state index < -0.39 is 6.10 Å². The van der Waals surface area contributed by atoms with Gasteiger partial charge in [-0.05, 0) is 17.5 Å². The summed E-state index contributed by atoms with van der Waals surface area (Å²) < 4.78 is 0.226. The Bertz CT molecular complexity index is 342. The second-order valence-electron chi connectivity index (χ2n) is 3.38. The van der Waals surface area contributed by atoms with E-state index in [4.69, 9.17) is 11.6 Å². The largest absolute Gasteiger partial charge is 0.391 e. The fraction of sp³-hybridized carbons (Fsp3) is 0.625. The molecule has 0 saturated heterocycles. The van der Waals surface area contributed by atoms with Crippen LogP contribution in [-0.2, 0) is 0 Å². The number of aliphatic hydroxyl groups excluding tert-OH is 1. The lowest BCUT2D eigenvalue weighted by molar-refractivity contribution is 0.0870. The van der Waals surface area contributed by atoms with Crippen LogP contribution in [0.2, 0.25) is 4.47 Å². The predicted molar refractivity (Wildman–Crippen MR) is 58.1 cm³/mol. The van der Waals surface area contributed by atoms with E-state index in [0.29, 0.717) is 0 Å².